The van der Waals surface area contributed by atoms with Gasteiger partial charge in [0.05, 0.1) is 12.3 Å². The minimum Gasteiger partial charge on any atom is -0.508 e. The van der Waals surface area contributed by atoms with Crippen LogP contribution in [0, 0.1) is 0 Å². The van der Waals surface area contributed by atoms with Crippen LogP contribution in [0.5, 0.6) is 5.75 Å². The fourth-order valence-electron chi connectivity index (χ4n) is 2.39. The smallest absolute Gasteiger partial charge is 0.211 e. The molecule has 0 radical (unpaired) electrons. The lowest BCUT2D eigenvalue weighted by Crippen LogP contribution is -2.05. The Hall–Kier alpha value is -1.57. The highest BCUT2D eigenvalue weighted by atomic mass is 31.2. The third-order valence-electron chi connectivity index (χ3n) is 3.20. The van der Waals surface area contributed by atoms with Crippen molar-refractivity contribution in [3.05, 3.63) is 65.7 Å². The van der Waals surface area contributed by atoms with E-state index in [0.717, 1.165) is 5.56 Å². The molecule has 0 bridgehead atoms. The molecule has 0 amide bonds. The monoisotopic (exact) mass is 290 g/mol. The van der Waals surface area contributed by atoms with Crippen molar-refractivity contribution < 1.29 is 14.2 Å². The van der Waals surface area contributed by atoms with Crippen molar-refractivity contribution in [2.24, 2.45) is 0 Å². The van der Waals surface area contributed by atoms with Gasteiger partial charge in [-0.15, -0.1) is 0 Å². The predicted molar refractivity (Wildman–Crippen MR) is 81.5 cm³/mol. The minimum absolute atomic E-state index is 0.142. The molecule has 106 valence electrons. The molecule has 2 aromatic rings. The van der Waals surface area contributed by atoms with Gasteiger partial charge in [0.1, 0.15) is 5.75 Å². The Morgan fingerprint density at radius 3 is 2.30 bits per heavy atom. The molecule has 20 heavy (non-hydrogen) atoms. The van der Waals surface area contributed by atoms with Gasteiger partial charge in [-0.3, -0.25) is 4.57 Å². The molecule has 0 fully saturated rings. The lowest BCUT2D eigenvalue weighted by Gasteiger charge is -2.25. The van der Waals surface area contributed by atoms with Gasteiger partial charge in [0.15, 0.2) is 0 Å². The van der Waals surface area contributed by atoms with Crippen LogP contribution in [0.3, 0.4) is 0 Å². The first kappa shape index (κ1) is 14.8. The van der Waals surface area contributed by atoms with Crippen molar-refractivity contribution in [2.75, 3.05) is 13.3 Å². The van der Waals surface area contributed by atoms with Gasteiger partial charge in [-0.25, -0.2) is 0 Å². The Morgan fingerprint density at radius 1 is 1.10 bits per heavy atom. The van der Waals surface area contributed by atoms with Crippen molar-refractivity contribution in [3.63, 3.8) is 0 Å². The van der Waals surface area contributed by atoms with Crippen molar-refractivity contribution in [3.8, 4) is 5.75 Å². The molecular weight excluding hydrogens is 271 g/mol. The first-order chi connectivity index (χ1) is 9.56. The molecule has 0 saturated carbocycles. The summed E-state index contributed by atoms with van der Waals surface area (Å²) < 4.78 is 18.4. The maximum atomic E-state index is 12.9. The zero-order chi connectivity index (χ0) is 14.6. The maximum absolute atomic E-state index is 12.9. The molecule has 2 atom stereocenters. The molecular formula is C16H19O3P. The van der Waals surface area contributed by atoms with Gasteiger partial charge < -0.3 is 9.63 Å². The number of hydrogen-bond acceptors (Lipinski definition) is 3. The van der Waals surface area contributed by atoms with Crippen LogP contribution >= 0.6 is 7.37 Å². The summed E-state index contributed by atoms with van der Waals surface area (Å²) in [4.78, 5) is 0. The van der Waals surface area contributed by atoms with Gasteiger partial charge in [-0.05, 0) is 18.6 Å². The number of benzene rings is 2. The average Bonchev–Trinajstić information content (AvgIpc) is 2.42. The Bertz CT molecular complexity index is 610. The highest BCUT2D eigenvalue weighted by molar-refractivity contribution is 7.58. The molecule has 0 aliphatic rings. The van der Waals surface area contributed by atoms with Gasteiger partial charge in [-0.2, -0.15) is 0 Å². The van der Waals surface area contributed by atoms with E-state index in [4.69, 9.17) is 4.52 Å². The van der Waals surface area contributed by atoms with Gasteiger partial charge in [0.25, 0.3) is 0 Å². The highest BCUT2D eigenvalue weighted by Crippen LogP contribution is 2.61. The Labute approximate surface area is 119 Å². The van der Waals surface area contributed by atoms with Crippen LogP contribution in [-0.4, -0.2) is 18.4 Å². The van der Waals surface area contributed by atoms with Crippen molar-refractivity contribution >= 4 is 7.37 Å². The third-order valence-corrected chi connectivity index (χ3v) is 5.49. The zero-order valence-corrected chi connectivity index (χ0v) is 12.6. The summed E-state index contributed by atoms with van der Waals surface area (Å²) in [7, 11) is -2.93. The van der Waals surface area contributed by atoms with Crippen LogP contribution in [0.15, 0.2) is 54.6 Å². The van der Waals surface area contributed by atoms with E-state index in [1.54, 1.807) is 24.9 Å². The molecule has 4 heteroatoms. The number of phenolic OH excluding ortho intramolecular Hbond substituents is 1. The summed E-state index contributed by atoms with van der Waals surface area (Å²) in [6.45, 7) is 3.83. The van der Waals surface area contributed by atoms with E-state index >= 15 is 0 Å². The largest absolute Gasteiger partial charge is 0.508 e. The highest BCUT2D eigenvalue weighted by Gasteiger charge is 2.33. The third kappa shape index (κ3) is 3.12. The molecule has 0 heterocycles. The van der Waals surface area contributed by atoms with E-state index in [0.29, 0.717) is 12.2 Å². The van der Waals surface area contributed by atoms with E-state index in [1.165, 1.54) is 0 Å². The quantitative estimate of drug-likeness (QED) is 0.829. The van der Waals surface area contributed by atoms with Gasteiger partial charge in [-0.1, -0.05) is 48.5 Å². The van der Waals surface area contributed by atoms with Crippen molar-refractivity contribution in [1.29, 1.82) is 0 Å². The average molecular weight is 290 g/mol. The first-order valence-corrected chi connectivity index (χ1v) is 8.75. The minimum atomic E-state index is -2.93. The fourth-order valence-corrected chi connectivity index (χ4v) is 4.49. The molecule has 0 unspecified atom stereocenters. The van der Waals surface area contributed by atoms with E-state index in [2.05, 4.69) is 0 Å². The van der Waals surface area contributed by atoms with Gasteiger partial charge in [0, 0.05) is 12.2 Å². The lowest BCUT2D eigenvalue weighted by molar-refractivity contribution is 0.332. The number of phenols is 1. The molecule has 0 spiro atoms. The first-order valence-electron chi connectivity index (χ1n) is 6.61. The molecule has 3 nitrogen and oxygen atoms in total. The molecule has 0 saturated heterocycles. The maximum Gasteiger partial charge on any atom is 0.211 e. The number of aromatic hydroxyl groups is 1. The summed E-state index contributed by atoms with van der Waals surface area (Å²) >= 11 is 0. The topological polar surface area (TPSA) is 46.5 Å². The second-order valence-electron chi connectivity index (χ2n) is 4.70. The molecule has 0 aliphatic carbocycles. The van der Waals surface area contributed by atoms with Crippen LogP contribution in [0.2, 0.25) is 0 Å². The summed E-state index contributed by atoms with van der Waals surface area (Å²) in [5.74, 6) is 0.142. The van der Waals surface area contributed by atoms with Crippen LogP contribution < -0.4 is 0 Å². The van der Waals surface area contributed by atoms with Crippen molar-refractivity contribution in [2.45, 2.75) is 12.6 Å². The van der Waals surface area contributed by atoms with Gasteiger partial charge >= 0.3 is 0 Å². The van der Waals surface area contributed by atoms with Crippen molar-refractivity contribution in [1.82, 2.24) is 0 Å². The summed E-state index contributed by atoms with van der Waals surface area (Å²) in [6, 6.07) is 16.5. The van der Waals surface area contributed by atoms with Crippen LogP contribution in [0.25, 0.3) is 0 Å². The number of rotatable bonds is 5. The van der Waals surface area contributed by atoms with Crippen LogP contribution in [0.4, 0.5) is 0 Å². The van der Waals surface area contributed by atoms with Crippen LogP contribution in [0.1, 0.15) is 23.7 Å². The van der Waals surface area contributed by atoms with E-state index in [1.807, 2.05) is 43.3 Å². The molecule has 0 aromatic heterocycles. The summed E-state index contributed by atoms with van der Waals surface area (Å²) in [5.41, 5.74) is 1.07. The zero-order valence-electron chi connectivity index (χ0n) is 11.7. The predicted octanol–water partition coefficient (Wildman–Crippen LogP) is 4.43. The van der Waals surface area contributed by atoms with Gasteiger partial charge in [0.2, 0.25) is 7.37 Å². The lowest BCUT2D eigenvalue weighted by atomic mass is 10.0. The second kappa shape index (κ2) is 6.25. The Morgan fingerprint density at radius 2 is 1.70 bits per heavy atom. The Kier molecular flexibility index (Phi) is 4.64. The number of para-hydroxylation sites is 1. The molecule has 2 aromatic carbocycles. The van der Waals surface area contributed by atoms with E-state index in [9.17, 15) is 9.67 Å². The Balaban J connectivity index is 2.57. The number of hydrogen-bond donors (Lipinski definition) is 1. The summed E-state index contributed by atoms with van der Waals surface area (Å²) in [5, 5.41) is 10.1. The normalized spacial score (nSPS) is 15.5. The standard InChI is InChI=1S/C16H19O3P/c1-3-19-20(2,18)16(13-9-5-4-6-10-13)14-11-7-8-12-15(14)17/h4-12,16-17H,3H2,1-2H3/t16-,20-/m0/s1. The molecule has 0 aliphatic heterocycles. The summed E-state index contributed by atoms with van der Waals surface area (Å²) in [6.07, 6.45) is 0. The molecule has 1 N–H and O–H groups in total. The fraction of sp³-hybridized carbons (Fsp3) is 0.250. The van der Waals surface area contributed by atoms with E-state index in [-0.39, 0.29) is 5.75 Å². The van der Waals surface area contributed by atoms with E-state index < -0.39 is 13.0 Å². The molecule has 2 rings (SSSR count). The SMILES string of the molecule is CCO[P@](C)(=O)[C@@H](c1ccccc1)c1ccccc1O. The van der Waals surface area contributed by atoms with Crippen LogP contribution in [-0.2, 0) is 9.09 Å². The second-order valence-corrected chi connectivity index (χ2v) is 7.29.